The lowest BCUT2D eigenvalue weighted by molar-refractivity contribution is 0.150. The molecule has 0 aliphatic heterocycles. The van der Waals surface area contributed by atoms with Crippen LogP contribution in [0.3, 0.4) is 0 Å². The van der Waals surface area contributed by atoms with Crippen molar-refractivity contribution in [2.75, 3.05) is 0 Å². The Balaban J connectivity index is 3.41. The highest BCUT2D eigenvalue weighted by molar-refractivity contribution is 9.10. The number of nitriles is 1. The van der Waals surface area contributed by atoms with Gasteiger partial charge < -0.3 is 0 Å². The van der Waals surface area contributed by atoms with Crippen LogP contribution in [0.25, 0.3) is 0 Å². The van der Waals surface area contributed by atoms with E-state index < -0.39 is 6.43 Å². The molecular formula is C8H5BrF2N2. The smallest absolute Gasteiger partial charge is 0.248 e. The van der Waals surface area contributed by atoms with Gasteiger partial charge in [0.1, 0.15) is 10.7 Å². The van der Waals surface area contributed by atoms with Gasteiger partial charge >= 0.3 is 0 Å². The lowest BCUT2D eigenvalue weighted by atomic mass is 10.1. The Morgan fingerprint density at radius 3 is 2.69 bits per heavy atom. The highest BCUT2D eigenvalue weighted by Gasteiger charge is 2.16. The molecule has 0 spiro atoms. The molecule has 1 aromatic heterocycles. The number of alkyl halides is 2. The quantitative estimate of drug-likeness (QED) is 0.715. The predicted octanol–water partition coefficient (Wildman–Crippen LogP) is 2.96. The van der Waals surface area contributed by atoms with Gasteiger partial charge in [0.25, 0.3) is 6.43 Å². The third-order valence-corrected chi connectivity index (χ3v) is 2.44. The van der Waals surface area contributed by atoms with Gasteiger partial charge in [-0.25, -0.2) is 13.8 Å². The SMILES string of the molecule is Cc1c(Br)ncc(C(F)F)c1C#N. The Hall–Kier alpha value is -1.02. The van der Waals surface area contributed by atoms with Gasteiger partial charge in [-0.2, -0.15) is 5.26 Å². The Bertz CT molecular complexity index is 371. The van der Waals surface area contributed by atoms with Crippen molar-refractivity contribution in [1.82, 2.24) is 4.98 Å². The van der Waals surface area contributed by atoms with Gasteiger partial charge in [-0.15, -0.1) is 0 Å². The van der Waals surface area contributed by atoms with Crippen LogP contribution in [0, 0.1) is 18.3 Å². The molecule has 2 nitrogen and oxygen atoms in total. The highest BCUT2D eigenvalue weighted by Crippen LogP contribution is 2.27. The maximum Gasteiger partial charge on any atom is 0.266 e. The van der Waals surface area contributed by atoms with E-state index in [0.29, 0.717) is 10.2 Å². The Morgan fingerprint density at radius 1 is 1.62 bits per heavy atom. The van der Waals surface area contributed by atoms with E-state index in [1.165, 1.54) is 0 Å². The molecular weight excluding hydrogens is 242 g/mol. The molecule has 13 heavy (non-hydrogen) atoms. The van der Waals surface area contributed by atoms with Crippen molar-refractivity contribution in [1.29, 1.82) is 5.26 Å². The van der Waals surface area contributed by atoms with Crippen LogP contribution in [0.15, 0.2) is 10.8 Å². The average Bonchev–Trinajstić information content (AvgIpc) is 2.09. The van der Waals surface area contributed by atoms with Gasteiger partial charge in [-0.1, -0.05) is 0 Å². The minimum absolute atomic E-state index is 0.00289. The van der Waals surface area contributed by atoms with Crippen LogP contribution >= 0.6 is 15.9 Å². The number of halogens is 3. The largest absolute Gasteiger partial charge is 0.266 e. The maximum absolute atomic E-state index is 12.3. The van der Waals surface area contributed by atoms with Crippen molar-refractivity contribution in [2.45, 2.75) is 13.3 Å². The summed E-state index contributed by atoms with van der Waals surface area (Å²) in [5.41, 5.74) is 0.125. The topological polar surface area (TPSA) is 36.7 Å². The molecule has 1 aromatic rings. The van der Waals surface area contributed by atoms with E-state index in [-0.39, 0.29) is 11.1 Å². The van der Waals surface area contributed by atoms with Crippen molar-refractivity contribution >= 4 is 15.9 Å². The zero-order chi connectivity index (χ0) is 10.0. The molecule has 0 amide bonds. The number of hydrogen-bond donors (Lipinski definition) is 0. The van der Waals surface area contributed by atoms with Gasteiger partial charge in [-0.05, 0) is 22.9 Å². The van der Waals surface area contributed by atoms with Gasteiger partial charge in [-0.3, -0.25) is 0 Å². The molecule has 0 fully saturated rings. The molecule has 68 valence electrons. The summed E-state index contributed by atoms with van der Waals surface area (Å²) in [6.45, 7) is 1.57. The minimum atomic E-state index is -2.66. The van der Waals surface area contributed by atoms with E-state index in [1.54, 1.807) is 13.0 Å². The fraction of sp³-hybridized carbons (Fsp3) is 0.250. The maximum atomic E-state index is 12.3. The minimum Gasteiger partial charge on any atom is -0.248 e. The Morgan fingerprint density at radius 2 is 2.23 bits per heavy atom. The molecule has 0 aliphatic carbocycles. The second-order valence-electron chi connectivity index (χ2n) is 2.42. The third-order valence-electron chi connectivity index (χ3n) is 1.64. The summed E-state index contributed by atoms with van der Waals surface area (Å²) in [6, 6.07) is 1.74. The monoisotopic (exact) mass is 246 g/mol. The number of rotatable bonds is 1. The standard InChI is InChI=1S/C8H5BrF2N2/c1-4-5(2-12)6(8(10)11)3-13-7(4)9/h3,8H,1H3. The zero-order valence-electron chi connectivity index (χ0n) is 6.68. The Labute approximate surface area is 82.3 Å². The van der Waals surface area contributed by atoms with E-state index in [4.69, 9.17) is 5.26 Å². The zero-order valence-corrected chi connectivity index (χ0v) is 8.27. The van der Waals surface area contributed by atoms with E-state index in [2.05, 4.69) is 20.9 Å². The van der Waals surface area contributed by atoms with Crippen LogP contribution in [0.2, 0.25) is 0 Å². The number of aromatic nitrogens is 1. The van der Waals surface area contributed by atoms with Crippen molar-refractivity contribution in [3.05, 3.63) is 27.5 Å². The van der Waals surface area contributed by atoms with Crippen LogP contribution in [0.5, 0.6) is 0 Å². The molecule has 1 rings (SSSR count). The number of nitrogens with zero attached hydrogens (tertiary/aromatic N) is 2. The molecule has 0 unspecified atom stereocenters. The summed E-state index contributed by atoms with van der Waals surface area (Å²) < 4.78 is 25.1. The normalized spacial score (nSPS) is 10.2. The second kappa shape index (κ2) is 3.79. The lowest BCUT2D eigenvalue weighted by Gasteiger charge is -2.05. The van der Waals surface area contributed by atoms with Crippen molar-refractivity contribution < 1.29 is 8.78 Å². The van der Waals surface area contributed by atoms with E-state index in [9.17, 15) is 8.78 Å². The van der Waals surface area contributed by atoms with Crippen LogP contribution in [-0.4, -0.2) is 4.98 Å². The van der Waals surface area contributed by atoms with Crippen LogP contribution in [-0.2, 0) is 0 Å². The molecule has 0 atom stereocenters. The van der Waals surface area contributed by atoms with Crippen molar-refractivity contribution in [2.24, 2.45) is 0 Å². The average molecular weight is 247 g/mol. The van der Waals surface area contributed by atoms with E-state index in [1.807, 2.05) is 0 Å². The molecule has 0 radical (unpaired) electrons. The first-order valence-corrected chi connectivity index (χ1v) is 4.20. The fourth-order valence-electron chi connectivity index (χ4n) is 0.921. The number of hydrogen-bond acceptors (Lipinski definition) is 2. The summed E-state index contributed by atoms with van der Waals surface area (Å²) in [6.07, 6.45) is -1.64. The number of pyridine rings is 1. The summed E-state index contributed by atoms with van der Waals surface area (Å²) >= 11 is 3.06. The molecule has 0 bridgehead atoms. The van der Waals surface area contributed by atoms with E-state index >= 15 is 0 Å². The first-order valence-electron chi connectivity index (χ1n) is 3.41. The molecule has 5 heteroatoms. The molecule has 0 saturated carbocycles. The summed E-state index contributed by atoms with van der Waals surface area (Å²) in [5.74, 6) is 0. The predicted molar refractivity (Wildman–Crippen MR) is 46.3 cm³/mol. The van der Waals surface area contributed by atoms with Crippen molar-refractivity contribution in [3.8, 4) is 6.07 Å². The van der Waals surface area contributed by atoms with Gasteiger partial charge in [0.05, 0.1) is 11.1 Å². The summed E-state index contributed by atoms with van der Waals surface area (Å²) in [4.78, 5) is 3.69. The Kier molecular flexibility index (Phi) is 2.94. The third kappa shape index (κ3) is 1.83. The van der Waals surface area contributed by atoms with Crippen LogP contribution < -0.4 is 0 Å². The fourth-order valence-corrected chi connectivity index (χ4v) is 1.22. The van der Waals surface area contributed by atoms with Gasteiger partial charge in [0.15, 0.2) is 0 Å². The van der Waals surface area contributed by atoms with E-state index in [0.717, 1.165) is 6.20 Å². The summed E-state index contributed by atoms with van der Waals surface area (Å²) in [5, 5.41) is 8.64. The molecule has 0 saturated heterocycles. The molecule has 0 aromatic carbocycles. The van der Waals surface area contributed by atoms with Crippen LogP contribution in [0.4, 0.5) is 8.78 Å². The molecule has 0 aliphatic rings. The molecule has 0 N–H and O–H groups in total. The van der Waals surface area contributed by atoms with Crippen LogP contribution in [0.1, 0.15) is 23.1 Å². The van der Waals surface area contributed by atoms with Crippen molar-refractivity contribution in [3.63, 3.8) is 0 Å². The van der Waals surface area contributed by atoms with Gasteiger partial charge in [0.2, 0.25) is 0 Å². The first kappa shape index (κ1) is 10.1. The summed E-state index contributed by atoms with van der Waals surface area (Å²) in [7, 11) is 0. The highest BCUT2D eigenvalue weighted by atomic mass is 79.9. The first-order chi connectivity index (χ1) is 6.07. The van der Waals surface area contributed by atoms with Gasteiger partial charge in [0, 0.05) is 11.8 Å². The lowest BCUT2D eigenvalue weighted by Crippen LogP contribution is -1.96. The molecule has 1 heterocycles. The second-order valence-corrected chi connectivity index (χ2v) is 3.17.